The van der Waals surface area contributed by atoms with Gasteiger partial charge in [-0.2, -0.15) is 5.26 Å². The normalized spacial score (nSPS) is 20.1. The number of hydrogen-bond donors (Lipinski definition) is 2. The lowest BCUT2D eigenvalue weighted by molar-refractivity contribution is 0.594. The summed E-state index contributed by atoms with van der Waals surface area (Å²) in [6.45, 7) is 1.57. The van der Waals surface area contributed by atoms with Crippen LogP contribution in [0.1, 0.15) is 23.5 Å². The Hall–Kier alpha value is -1.42. The molecule has 1 fully saturated rings. The quantitative estimate of drug-likeness (QED) is 0.789. The average Bonchev–Trinajstić information content (AvgIpc) is 2.80. The van der Waals surface area contributed by atoms with Gasteiger partial charge >= 0.3 is 0 Å². The monoisotopic (exact) mass is 251 g/mol. The lowest BCUT2D eigenvalue weighted by Crippen LogP contribution is -2.18. The highest BCUT2D eigenvalue weighted by molar-refractivity contribution is 7.89. The maximum atomic E-state index is 11.6. The maximum absolute atomic E-state index is 11.6. The summed E-state index contributed by atoms with van der Waals surface area (Å²) in [6.07, 6.45) is 0.859. The van der Waals surface area contributed by atoms with E-state index in [0.29, 0.717) is 5.56 Å². The van der Waals surface area contributed by atoms with Crippen LogP contribution in [0.2, 0.25) is 0 Å². The van der Waals surface area contributed by atoms with Crippen LogP contribution in [0.4, 0.5) is 0 Å². The fourth-order valence-electron chi connectivity index (χ4n) is 2.20. The molecule has 0 radical (unpaired) electrons. The third kappa shape index (κ3) is 2.31. The number of rotatable bonds is 2. The van der Waals surface area contributed by atoms with Crippen molar-refractivity contribution < 1.29 is 8.42 Å². The van der Waals surface area contributed by atoms with Gasteiger partial charge in [-0.15, -0.1) is 0 Å². The summed E-state index contributed by atoms with van der Waals surface area (Å²) < 4.78 is 23.2. The van der Waals surface area contributed by atoms with Crippen molar-refractivity contribution in [3.05, 3.63) is 29.3 Å². The summed E-state index contributed by atoms with van der Waals surface area (Å²) in [5.74, 6) is 0.108. The second-order valence-electron chi connectivity index (χ2n) is 4.07. The van der Waals surface area contributed by atoms with Crippen molar-refractivity contribution in [1.82, 2.24) is 5.32 Å². The van der Waals surface area contributed by atoms with E-state index in [1.54, 1.807) is 12.1 Å². The molecule has 1 saturated heterocycles. The number of nitrogens with two attached hydrogens (primary N) is 1. The van der Waals surface area contributed by atoms with E-state index in [1.165, 1.54) is 6.07 Å². The van der Waals surface area contributed by atoms with Gasteiger partial charge in [0.25, 0.3) is 0 Å². The molecule has 17 heavy (non-hydrogen) atoms. The first-order chi connectivity index (χ1) is 8.04. The molecular formula is C11H13N3O2S. The predicted octanol–water partition coefficient (Wildman–Crippen LogP) is 0.283. The summed E-state index contributed by atoms with van der Waals surface area (Å²) in [4.78, 5) is -0.0174. The van der Waals surface area contributed by atoms with Gasteiger partial charge in [-0.05, 0) is 30.5 Å². The highest BCUT2D eigenvalue weighted by Gasteiger charge is 2.26. The molecule has 6 heteroatoms. The second-order valence-corrected chi connectivity index (χ2v) is 5.57. The van der Waals surface area contributed by atoms with Crippen LogP contribution >= 0.6 is 0 Å². The van der Waals surface area contributed by atoms with E-state index < -0.39 is 10.0 Å². The molecule has 5 nitrogen and oxygen atoms in total. The summed E-state index contributed by atoms with van der Waals surface area (Å²) >= 11 is 0. The van der Waals surface area contributed by atoms with Gasteiger partial charge in [-0.1, -0.05) is 12.1 Å². The molecule has 1 atom stereocenters. The molecule has 0 spiro atoms. The molecule has 0 amide bonds. The molecule has 0 aromatic heterocycles. The van der Waals surface area contributed by atoms with Gasteiger partial charge in [-0.3, -0.25) is 0 Å². The van der Waals surface area contributed by atoms with Crippen LogP contribution in [0.5, 0.6) is 0 Å². The average molecular weight is 251 g/mol. The van der Waals surface area contributed by atoms with Crippen molar-refractivity contribution in [3.63, 3.8) is 0 Å². The largest absolute Gasteiger partial charge is 0.316 e. The first-order valence-corrected chi connectivity index (χ1v) is 6.85. The zero-order chi connectivity index (χ0) is 12.5. The molecule has 1 unspecified atom stereocenters. The van der Waals surface area contributed by atoms with Crippen molar-refractivity contribution >= 4 is 10.0 Å². The summed E-state index contributed by atoms with van der Waals surface area (Å²) in [5, 5.41) is 17.3. The number of nitrogens with zero attached hydrogens (tertiary/aromatic N) is 1. The van der Waals surface area contributed by atoms with Crippen LogP contribution in [-0.2, 0) is 10.0 Å². The number of benzene rings is 1. The van der Waals surface area contributed by atoms with Crippen molar-refractivity contribution in [3.8, 4) is 6.07 Å². The van der Waals surface area contributed by atoms with Crippen LogP contribution in [0.25, 0.3) is 0 Å². The van der Waals surface area contributed by atoms with Crippen LogP contribution in [-0.4, -0.2) is 21.5 Å². The van der Waals surface area contributed by atoms with Crippen molar-refractivity contribution in [2.45, 2.75) is 17.2 Å². The van der Waals surface area contributed by atoms with Crippen LogP contribution in [0.15, 0.2) is 23.1 Å². The molecule has 0 saturated carbocycles. The van der Waals surface area contributed by atoms with Gasteiger partial charge in [-0.25, -0.2) is 13.6 Å². The Morgan fingerprint density at radius 2 is 2.24 bits per heavy atom. The number of nitrogens with one attached hydrogen (secondary N) is 1. The Morgan fingerprint density at radius 3 is 2.76 bits per heavy atom. The third-order valence-electron chi connectivity index (χ3n) is 2.95. The lowest BCUT2D eigenvalue weighted by atomic mass is 9.97. The Morgan fingerprint density at radius 1 is 1.47 bits per heavy atom. The molecule has 2 rings (SSSR count). The number of nitriles is 1. The van der Waals surface area contributed by atoms with E-state index in [-0.39, 0.29) is 16.4 Å². The molecule has 1 aliphatic heterocycles. The van der Waals surface area contributed by atoms with Gasteiger partial charge in [0, 0.05) is 6.54 Å². The Kier molecular flexibility index (Phi) is 3.15. The van der Waals surface area contributed by atoms with Gasteiger partial charge in [0.2, 0.25) is 10.0 Å². The molecule has 0 bridgehead atoms. The molecule has 1 aromatic carbocycles. The molecule has 1 heterocycles. The highest BCUT2D eigenvalue weighted by Crippen LogP contribution is 2.29. The Balaban J connectivity index is 2.63. The van der Waals surface area contributed by atoms with Crippen molar-refractivity contribution in [2.75, 3.05) is 13.1 Å². The molecule has 0 aliphatic carbocycles. The van der Waals surface area contributed by atoms with E-state index in [0.717, 1.165) is 19.5 Å². The lowest BCUT2D eigenvalue weighted by Gasteiger charge is -2.14. The Bertz CT molecular complexity index is 569. The number of sulfonamides is 1. The first kappa shape index (κ1) is 12.0. The molecular weight excluding hydrogens is 238 g/mol. The maximum Gasteiger partial charge on any atom is 0.239 e. The fourth-order valence-corrected chi connectivity index (χ4v) is 3.19. The van der Waals surface area contributed by atoms with Crippen molar-refractivity contribution in [2.24, 2.45) is 5.14 Å². The SMILES string of the molecule is N#Cc1cccc(C2CCNC2)c1S(N)(=O)=O. The molecule has 1 aromatic rings. The van der Waals surface area contributed by atoms with E-state index in [1.807, 2.05) is 6.07 Å². The minimum Gasteiger partial charge on any atom is -0.316 e. The number of hydrogen-bond acceptors (Lipinski definition) is 4. The van der Waals surface area contributed by atoms with E-state index >= 15 is 0 Å². The Labute approximate surface area is 100 Å². The van der Waals surface area contributed by atoms with E-state index in [2.05, 4.69) is 5.32 Å². The van der Waals surface area contributed by atoms with Gasteiger partial charge in [0.1, 0.15) is 11.0 Å². The number of primary sulfonamides is 1. The second kappa shape index (κ2) is 4.45. The predicted molar refractivity (Wildman–Crippen MR) is 62.8 cm³/mol. The smallest absolute Gasteiger partial charge is 0.239 e. The van der Waals surface area contributed by atoms with Gasteiger partial charge in [0.05, 0.1) is 5.56 Å². The van der Waals surface area contributed by atoms with E-state index in [9.17, 15) is 8.42 Å². The standard InChI is InChI=1S/C11H13N3O2S/c12-6-8-2-1-3-10(9-4-5-14-7-9)11(8)17(13,15)16/h1-3,9,14H,4-5,7H2,(H2,13,15,16). The summed E-state index contributed by atoms with van der Waals surface area (Å²) in [6, 6.07) is 6.79. The zero-order valence-electron chi connectivity index (χ0n) is 9.18. The zero-order valence-corrected chi connectivity index (χ0v) is 10.00. The fraction of sp³-hybridized carbons (Fsp3) is 0.364. The summed E-state index contributed by atoms with van der Waals surface area (Å²) in [7, 11) is -3.86. The molecule has 90 valence electrons. The van der Waals surface area contributed by atoms with Gasteiger partial charge in [0.15, 0.2) is 0 Å². The van der Waals surface area contributed by atoms with Crippen molar-refractivity contribution in [1.29, 1.82) is 5.26 Å². The highest BCUT2D eigenvalue weighted by atomic mass is 32.2. The first-order valence-electron chi connectivity index (χ1n) is 5.30. The minimum atomic E-state index is -3.86. The van der Waals surface area contributed by atoms with Crippen LogP contribution < -0.4 is 10.5 Å². The minimum absolute atomic E-state index is 0.0174. The van der Waals surface area contributed by atoms with E-state index in [4.69, 9.17) is 10.4 Å². The van der Waals surface area contributed by atoms with Crippen LogP contribution in [0.3, 0.4) is 0 Å². The third-order valence-corrected chi connectivity index (χ3v) is 3.98. The van der Waals surface area contributed by atoms with Gasteiger partial charge < -0.3 is 5.32 Å². The molecule has 1 aliphatic rings. The summed E-state index contributed by atoms with van der Waals surface area (Å²) in [5.41, 5.74) is 0.772. The van der Waals surface area contributed by atoms with Crippen LogP contribution in [0, 0.1) is 11.3 Å². The topological polar surface area (TPSA) is 96.0 Å². The molecule has 3 N–H and O–H groups in total.